The number of furan rings is 1. The van der Waals surface area contributed by atoms with E-state index < -0.39 is 6.10 Å². The molecule has 1 amide bonds. The second-order valence-corrected chi connectivity index (χ2v) is 9.51. The average molecular weight is 479 g/mol. The zero-order valence-electron chi connectivity index (χ0n) is 20.6. The number of ether oxygens (including phenoxy) is 1. The van der Waals surface area contributed by atoms with E-state index in [1.165, 1.54) is 0 Å². The Morgan fingerprint density at radius 3 is 2.83 bits per heavy atom. The van der Waals surface area contributed by atoms with E-state index in [2.05, 4.69) is 17.9 Å². The number of amides is 1. The summed E-state index contributed by atoms with van der Waals surface area (Å²) in [5.41, 5.74) is 3.69. The molecule has 4 heterocycles. The Labute approximate surface area is 206 Å². The fraction of sp³-hybridized carbons (Fsp3) is 0.481. The van der Waals surface area contributed by atoms with Crippen molar-refractivity contribution in [2.45, 2.75) is 58.3 Å². The molecule has 5 rings (SSSR count). The lowest BCUT2D eigenvalue weighted by molar-refractivity contribution is 0.0466. The van der Waals surface area contributed by atoms with Crippen molar-refractivity contribution >= 4 is 5.91 Å². The van der Waals surface area contributed by atoms with Crippen molar-refractivity contribution in [1.82, 2.24) is 19.6 Å². The standard InChI is InChI=1S/C27H34N4O4/c1-3-21-9-10-23(35-21)17-29-13-11-25-24(18-29)26(27(33)30-12-5-7-20(32)16-30)28-31(25)15-19-6-4-8-22(14-19)34-2/h4,6,8-10,14,20,32H,3,5,7,11-13,15-18H2,1-2H3. The smallest absolute Gasteiger partial charge is 0.274 e. The number of hydrogen-bond donors (Lipinski definition) is 1. The Morgan fingerprint density at radius 2 is 2.06 bits per heavy atom. The highest BCUT2D eigenvalue weighted by Gasteiger charge is 2.32. The van der Waals surface area contributed by atoms with Gasteiger partial charge in [0.05, 0.1) is 26.3 Å². The topological polar surface area (TPSA) is 84.0 Å². The van der Waals surface area contributed by atoms with Gasteiger partial charge in [-0.15, -0.1) is 0 Å². The van der Waals surface area contributed by atoms with E-state index in [0.717, 1.165) is 66.3 Å². The van der Waals surface area contributed by atoms with Gasteiger partial charge in [0, 0.05) is 50.3 Å². The number of aryl methyl sites for hydroxylation is 1. The predicted molar refractivity (Wildman–Crippen MR) is 131 cm³/mol. The summed E-state index contributed by atoms with van der Waals surface area (Å²) in [5.74, 6) is 2.65. The zero-order chi connectivity index (χ0) is 24.4. The molecule has 0 radical (unpaired) electrons. The van der Waals surface area contributed by atoms with Crippen molar-refractivity contribution in [1.29, 1.82) is 0 Å². The van der Waals surface area contributed by atoms with Gasteiger partial charge < -0.3 is 19.2 Å². The molecule has 2 aromatic heterocycles. The molecule has 0 bridgehead atoms. The summed E-state index contributed by atoms with van der Waals surface area (Å²) in [6.07, 6.45) is 2.77. The van der Waals surface area contributed by atoms with Crippen LogP contribution in [-0.2, 0) is 32.5 Å². The molecule has 0 saturated carbocycles. The van der Waals surface area contributed by atoms with Crippen molar-refractivity contribution in [3.63, 3.8) is 0 Å². The van der Waals surface area contributed by atoms with Crippen LogP contribution in [0.5, 0.6) is 5.75 Å². The molecule has 3 aromatic rings. The second-order valence-electron chi connectivity index (χ2n) is 9.51. The summed E-state index contributed by atoms with van der Waals surface area (Å²) in [6.45, 7) is 5.91. The first-order chi connectivity index (χ1) is 17.0. The Bertz CT molecular complexity index is 1180. The molecule has 8 nitrogen and oxygen atoms in total. The third kappa shape index (κ3) is 5.13. The molecule has 1 saturated heterocycles. The van der Waals surface area contributed by atoms with E-state index >= 15 is 0 Å². The number of methoxy groups -OCH3 is 1. The van der Waals surface area contributed by atoms with Gasteiger partial charge in [-0.05, 0) is 42.7 Å². The van der Waals surface area contributed by atoms with Crippen LogP contribution in [0, 0.1) is 0 Å². The van der Waals surface area contributed by atoms with Crippen LogP contribution in [0.2, 0.25) is 0 Å². The highest BCUT2D eigenvalue weighted by atomic mass is 16.5. The molecule has 0 spiro atoms. The Morgan fingerprint density at radius 1 is 1.20 bits per heavy atom. The van der Waals surface area contributed by atoms with Gasteiger partial charge in [-0.2, -0.15) is 5.10 Å². The molecule has 2 aliphatic rings. The number of hydrogen-bond acceptors (Lipinski definition) is 6. The summed E-state index contributed by atoms with van der Waals surface area (Å²) in [6, 6.07) is 12.0. The third-order valence-corrected chi connectivity index (χ3v) is 7.01. The van der Waals surface area contributed by atoms with Crippen LogP contribution in [-0.4, -0.2) is 63.4 Å². The number of β-amino-alcohol motifs (C(OH)–C–C–N with tert-alkyl or cyclic N) is 1. The fourth-order valence-corrected chi connectivity index (χ4v) is 5.13. The van der Waals surface area contributed by atoms with Crippen LogP contribution in [0.4, 0.5) is 0 Å². The molecular formula is C27H34N4O4. The summed E-state index contributed by atoms with van der Waals surface area (Å²) < 4.78 is 13.3. The van der Waals surface area contributed by atoms with Gasteiger partial charge >= 0.3 is 0 Å². The molecule has 35 heavy (non-hydrogen) atoms. The molecular weight excluding hydrogens is 444 g/mol. The molecule has 1 aromatic carbocycles. The number of aliphatic hydroxyl groups is 1. The van der Waals surface area contributed by atoms with E-state index in [1.54, 1.807) is 12.0 Å². The highest BCUT2D eigenvalue weighted by Crippen LogP contribution is 2.27. The molecule has 1 fully saturated rings. The number of fused-ring (bicyclic) bond motifs is 1. The largest absolute Gasteiger partial charge is 0.497 e. The lowest BCUT2D eigenvalue weighted by atomic mass is 10.0. The SMILES string of the molecule is CCc1ccc(CN2CCc3c(c(C(=O)N4CCCC(O)C4)nn3Cc3cccc(OC)c3)C2)o1. The first kappa shape index (κ1) is 23.6. The Kier molecular flexibility index (Phi) is 6.92. The molecule has 0 aliphatic carbocycles. The van der Waals surface area contributed by atoms with Gasteiger partial charge in [0.15, 0.2) is 5.69 Å². The lowest BCUT2D eigenvalue weighted by Gasteiger charge is -2.30. The minimum Gasteiger partial charge on any atom is -0.497 e. The number of nitrogens with zero attached hydrogens (tertiary/aromatic N) is 4. The minimum absolute atomic E-state index is 0.0856. The monoisotopic (exact) mass is 478 g/mol. The van der Waals surface area contributed by atoms with E-state index in [-0.39, 0.29) is 5.91 Å². The summed E-state index contributed by atoms with van der Waals surface area (Å²) in [7, 11) is 1.66. The van der Waals surface area contributed by atoms with E-state index in [4.69, 9.17) is 14.3 Å². The summed E-state index contributed by atoms with van der Waals surface area (Å²) >= 11 is 0. The molecule has 1 atom stereocenters. The van der Waals surface area contributed by atoms with Crippen LogP contribution in [0.25, 0.3) is 0 Å². The van der Waals surface area contributed by atoms with E-state index in [1.807, 2.05) is 35.0 Å². The van der Waals surface area contributed by atoms with Crippen LogP contribution in [0.3, 0.4) is 0 Å². The van der Waals surface area contributed by atoms with Crippen LogP contribution >= 0.6 is 0 Å². The minimum atomic E-state index is -0.467. The normalized spacial score (nSPS) is 18.5. The maximum atomic E-state index is 13.6. The number of benzene rings is 1. The molecule has 1 N–H and O–H groups in total. The number of rotatable bonds is 7. The van der Waals surface area contributed by atoms with E-state index in [0.29, 0.717) is 38.4 Å². The van der Waals surface area contributed by atoms with Gasteiger partial charge in [-0.1, -0.05) is 19.1 Å². The van der Waals surface area contributed by atoms with Gasteiger partial charge in [-0.25, -0.2) is 0 Å². The molecule has 8 heteroatoms. The number of carbonyl (C=O) groups is 1. The Hall–Kier alpha value is -3.10. The van der Waals surface area contributed by atoms with Gasteiger partial charge in [0.25, 0.3) is 5.91 Å². The highest BCUT2D eigenvalue weighted by molar-refractivity contribution is 5.94. The first-order valence-electron chi connectivity index (χ1n) is 12.5. The van der Waals surface area contributed by atoms with Crippen LogP contribution < -0.4 is 4.74 Å². The number of carbonyl (C=O) groups excluding carboxylic acids is 1. The van der Waals surface area contributed by atoms with Crippen molar-refractivity contribution in [2.75, 3.05) is 26.7 Å². The van der Waals surface area contributed by atoms with Crippen LogP contribution in [0.15, 0.2) is 40.8 Å². The first-order valence-corrected chi connectivity index (χ1v) is 12.5. The van der Waals surface area contributed by atoms with Gasteiger partial charge in [0.2, 0.25) is 0 Å². The number of aliphatic hydroxyl groups excluding tert-OH is 1. The summed E-state index contributed by atoms with van der Waals surface area (Å²) in [5, 5.41) is 15.0. The van der Waals surface area contributed by atoms with Crippen LogP contribution in [0.1, 0.15) is 58.6 Å². The maximum absolute atomic E-state index is 13.6. The number of aromatic nitrogens is 2. The molecule has 186 valence electrons. The predicted octanol–water partition coefficient (Wildman–Crippen LogP) is 3.25. The quantitative estimate of drug-likeness (QED) is 0.561. The molecule has 1 unspecified atom stereocenters. The van der Waals surface area contributed by atoms with Crippen molar-refractivity contribution in [3.8, 4) is 5.75 Å². The lowest BCUT2D eigenvalue weighted by Crippen LogP contribution is -2.43. The van der Waals surface area contributed by atoms with Gasteiger partial charge in [0.1, 0.15) is 17.3 Å². The molecule has 2 aliphatic heterocycles. The average Bonchev–Trinajstić information content (AvgIpc) is 3.48. The number of likely N-dealkylation sites (tertiary alicyclic amines) is 1. The zero-order valence-corrected chi connectivity index (χ0v) is 20.6. The second kappa shape index (κ2) is 10.3. The van der Waals surface area contributed by atoms with Crippen molar-refractivity contribution in [3.05, 3.63) is 70.4 Å². The van der Waals surface area contributed by atoms with Crippen molar-refractivity contribution < 1.29 is 19.1 Å². The third-order valence-electron chi connectivity index (χ3n) is 7.01. The van der Waals surface area contributed by atoms with Crippen molar-refractivity contribution in [2.24, 2.45) is 0 Å². The fourth-order valence-electron chi connectivity index (χ4n) is 5.13. The summed E-state index contributed by atoms with van der Waals surface area (Å²) in [4.78, 5) is 17.6. The van der Waals surface area contributed by atoms with E-state index in [9.17, 15) is 9.90 Å². The maximum Gasteiger partial charge on any atom is 0.274 e. The Balaban J connectivity index is 1.44. The number of piperidine rings is 1. The van der Waals surface area contributed by atoms with Gasteiger partial charge in [-0.3, -0.25) is 14.4 Å².